The first-order valence-electron chi connectivity index (χ1n) is 7.73. The summed E-state index contributed by atoms with van der Waals surface area (Å²) < 4.78 is 1.65. The maximum absolute atomic E-state index is 11.3. The number of imidazole rings is 1. The summed E-state index contributed by atoms with van der Waals surface area (Å²) in [7, 11) is 1.71. The van der Waals surface area contributed by atoms with Gasteiger partial charge in [-0.1, -0.05) is 6.08 Å². The summed E-state index contributed by atoms with van der Waals surface area (Å²) in [5.41, 5.74) is 2.09. The Morgan fingerprint density at radius 2 is 2.32 bits per heavy atom. The monoisotopic (exact) mass is 356 g/mol. The van der Waals surface area contributed by atoms with E-state index in [9.17, 15) is 9.90 Å². The van der Waals surface area contributed by atoms with Crippen LogP contribution in [0.15, 0.2) is 33.0 Å². The third kappa shape index (κ3) is 2.76. The van der Waals surface area contributed by atoms with Crippen LogP contribution in [0.4, 0.5) is 0 Å². The predicted molar refractivity (Wildman–Crippen MR) is 95.0 cm³/mol. The van der Waals surface area contributed by atoms with Crippen molar-refractivity contribution in [3.8, 4) is 5.88 Å². The fraction of sp³-hybridized carbons (Fsp3) is 0.250. The van der Waals surface area contributed by atoms with Crippen molar-refractivity contribution < 1.29 is 5.11 Å². The van der Waals surface area contributed by atoms with E-state index in [-0.39, 0.29) is 16.8 Å². The molecule has 1 aliphatic rings. The van der Waals surface area contributed by atoms with Crippen molar-refractivity contribution in [2.75, 3.05) is 7.05 Å². The molecule has 0 bridgehead atoms. The number of aromatic amines is 2. The van der Waals surface area contributed by atoms with Crippen LogP contribution in [0.5, 0.6) is 5.88 Å². The largest absolute Gasteiger partial charge is 0.493 e. The minimum atomic E-state index is -0.470. The molecule has 1 unspecified atom stereocenters. The van der Waals surface area contributed by atoms with Crippen molar-refractivity contribution in [2.24, 2.45) is 4.99 Å². The second kappa shape index (κ2) is 5.92. The second-order valence-corrected chi connectivity index (χ2v) is 7.19. The summed E-state index contributed by atoms with van der Waals surface area (Å²) in [6, 6.07) is 1.95. The van der Waals surface area contributed by atoms with Crippen LogP contribution in [0, 0.1) is 0 Å². The summed E-state index contributed by atoms with van der Waals surface area (Å²) in [6.07, 6.45) is 6.41. The summed E-state index contributed by atoms with van der Waals surface area (Å²) in [5, 5.41) is 15.0. The molecule has 0 amide bonds. The number of aromatic hydroxyl groups is 1. The van der Waals surface area contributed by atoms with Crippen molar-refractivity contribution in [1.29, 1.82) is 0 Å². The highest BCUT2D eigenvalue weighted by Gasteiger charge is 2.20. The molecule has 0 radical (unpaired) electrons. The lowest BCUT2D eigenvalue weighted by Crippen LogP contribution is -2.19. The van der Waals surface area contributed by atoms with E-state index in [4.69, 9.17) is 4.98 Å². The number of nitrogens with zero attached hydrogens (tertiary/aromatic N) is 4. The highest BCUT2D eigenvalue weighted by Crippen LogP contribution is 2.42. The molecule has 1 atom stereocenters. The second-order valence-electron chi connectivity index (χ2n) is 5.74. The van der Waals surface area contributed by atoms with Crippen LogP contribution in [-0.4, -0.2) is 36.7 Å². The van der Waals surface area contributed by atoms with Crippen molar-refractivity contribution in [3.63, 3.8) is 0 Å². The molecule has 3 N–H and O–H groups in total. The zero-order valence-electron chi connectivity index (χ0n) is 13.6. The minimum absolute atomic E-state index is 0.216. The number of hydrogen-bond donors (Lipinski definition) is 3. The SMILES string of the molecule is CN=c1cc(C2CC=C(C)S2)nc2c(=Cc3[nH]c(=O)[nH]c3O)cnn12. The molecule has 8 nitrogen and oxygen atoms in total. The van der Waals surface area contributed by atoms with Gasteiger partial charge in [-0.05, 0) is 24.3 Å². The van der Waals surface area contributed by atoms with Gasteiger partial charge >= 0.3 is 5.69 Å². The molecule has 4 rings (SSSR count). The molecule has 9 heteroatoms. The summed E-state index contributed by atoms with van der Waals surface area (Å²) in [6.45, 7) is 2.09. The Morgan fingerprint density at radius 3 is 2.96 bits per heavy atom. The van der Waals surface area contributed by atoms with Gasteiger partial charge in [-0.2, -0.15) is 9.61 Å². The average molecular weight is 356 g/mol. The van der Waals surface area contributed by atoms with Crippen LogP contribution >= 0.6 is 11.8 Å². The van der Waals surface area contributed by atoms with E-state index in [2.05, 4.69) is 33.1 Å². The molecule has 3 aromatic rings. The van der Waals surface area contributed by atoms with E-state index in [0.717, 1.165) is 12.1 Å². The number of aromatic nitrogens is 5. The molecule has 0 saturated heterocycles. The van der Waals surface area contributed by atoms with E-state index < -0.39 is 5.69 Å². The molecule has 25 heavy (non-hydrogen) atoms. The highest BCUT2D eigenvalue weighted by atomic mass is 32.2. The summed E-state index contributed by atoms with van der Waals surface area (Å²) in [4.78, 5) is 26.5. The lowest BCUT2D eigenvalue weighted by Gasteiger charge is -2.09. The Kier molecular flexibility index (Phi) is 3.72. The van der Waals surface area contributed by atoms with E-state index >= 15 is 0 Å². The molecule has 0 fully saturated rings. The van der Waals surface area contributed by atoms with Gasteiger partial charge in [0.25, 0.3) is 0 Å². The number of fused-ring (bicyclic) bond motifs is 1. The summed E-state index contributed by atoms with van der Waals surface area (Å²) >= 11 is 1.79. The van der Waals surface area contributed by atoms with Gasteiger partial charge < -0.3 is 10.1 Å². The van der Waals surface area contributed by atoms with Crippen molar-refractivity contribution in [3.05, 3.63) is 55.8 Å². The van der Waals surface area contributed by atoms with Gasteiger partial charge in [0.2, 0.25) is 5.88 Å². The van der Waals surface area contributed by atoms with Crippen LogP contribution in [0.2, 0.25) is 0 Å². The number of allylic oxidation sites excluding steroid dienone is 2. The van der Waals surface area contributed by atoms with E-state index in [1.54, 1.807) is 35.6 Å². The van der Waals surface area contributed by atoms with E-state index in [1.165, 1.54) is 4.91 Å². The van der Waals surface area contributed by atoms with Crippen LogP contribution in [0.3, 0.4) is 0 Å². The smallest absolute Gasteiger partial charge is 0.326 e. The van der Waals surface area contributed by atoms with Gasteiger partial charge in [0.05, 0.1) is 17.1 Å². The lowest BCUT2D eigenvalue weighted by molar-refractivity contribution is 0.454. The summed E-state index contributed by atoms with van der Waals surface area (Å²) in [5.74, 6) is -0.216. The first-order chi connectivity index (χ1) is 12.0. The third-order valence-corrected chi connectivity index (χ3v) is 5.30. The Hall–Kier alpha value is -2.81. The fourth-order valence-corrected chi connectivity index (χ4v) is 3.91. The van der Waals surface area contributed by atoms with Crippen LogP contribution in [0.1, 0.15) is 30.0 Å². The molecule has 0 aromatic carbocycles. The number of hydrogen-bond acceptors (Lipinski definition) is 6. The molecule has 1 aliphatic heterocycles. The van der Waals surface area contributed by atoms with Gasteiger partial charge in [-0.15, -0.1) is 11.8 Å². The Bertz CT molecular complexity index is 1170. The fourth-order valence-electron chi connectivity index (χ4n) is 2.83. The average Bonchev–Trinajstić information content (AvgIpc) is 3.27. The van der Waals surface area contributed by atoms with Gasteiger partial charge in [0.1, 0.15) is 5.69 Å². The zero-order chi connectivity index (χ0) is 17.6. The Labute approximate surface area is 146 Å². The third-order valence-electron chi connectivity index (χ3n) is 4.04. The van der Waals surface area contributed by atoms with Crippen LogP contribution < -0.4 is 16.4 Å². The molecule has 128 valence electrons. The number of nitrogens with one attached hydrogen (secondary N) is 2. The highest BCUT2D eigenvalue weighted by molar-refractivity contribution is 8.03. The number of rotatable bonds is 2. The quantitative estimate of drug-likeness (QED) is 0.623. The Balaban J connectivity index is 1.92. The standard InChI is InChI=1S/C16H16N6O2S/c1-8-3-4-12(25-8)10-6-13(17-2)22-14(19-10)9(7-18-22)5-11-15(23)21-16(24)20-11/h3,5-7,12,23H,4H2,1-2H3,(H2,20,21,24). The van der Waals surface area contributed by atoms with E-state index in [0.29, 0.717) is 16.4 Å². The van der Waals surface area contributed by atoms with Crippen molar-refractivity contribution in [1.82, 2.24) is 24.6 Å². The molecular formula is C16H16N6O2S. The normalized spacial score (nSPS) is 19.1. The Morgan fingerprint density at radius 1 is 1.48 bits per heavy atom. The van der Waals surface area contributed by atoms with Crippen LogP contribution in [-0.2, 0) is 0 Å². The van der Waals surface area contributed by atoms with Crippen LogP contribution in [0.25, 0.3) is 11.7 Å². The van der Waals surface area contributed by atoms with Crippen molar-refractivity contribution in [2.45, 2.75) is 18.6 Å². The maximum Gasteiger partial charge on any atom is 0.326 e. The first kappa shape index (κ1) is 15.7. The van der Waals surface area contributed by atoms with Gasteiger partial charge in [0.15, 0.2) is 11.1 Å². The molecule has 0 aliphatic carbocycles. The molecule has 4 heterocycles. The van der Waals surface area contributed by atoms with Gasteiger partial charge in [-0.3, -0.25) is 9.98 Å². The number of H-pyrrole nitrogens is 2. The zero-order valence-corrected chi connectivity index (χ0v) is 14.5. The number of thioether (sulfide) groups is 1. The first-order valence-corrected chi connectivity index (χ1v) is 8.61. The maximum atomic E-state index is 11.3. The molecule has 0 spiro atoms. The topological polar surface area (TPSA) is 111 Å². The predicted octanol–water partition coefficient (Wildman–Crippen LogP) is 0.611. The van der Waals surface area contributed by atoms with Gasteiger partial charge in [0, 0.05) is 18.3 Å². The van der Waals surface area contributed by atoms with E-state index in [1.807, 2.05) is 6.07 Å². The minimum Gasteiger partial charge on any atom is -0.493 e. The lowest BCUT2D eigenvalue weighted by atomic mass is 10.2. The molecule has 0 saturated carbocycles. The van der Waals surface area contributed by atoms with Gasteiger partial charge in [-0.25, -0.2) is 9.78 Å². The van der Waals surface area contributed by atoms with Crippen molar-refractivity contribution >= 4 is 23.5 Å². The molecule has 3 aromatic heterocycles. The molecular weight excluding hydrogens is 340 g/mol.